The van der Waals surface area contributed by atoms with E-state index in [4.69, 9.17) is 0 Å². The Kier molecular flexibility index (Phi) is 7.95. The Hall–Kier alpha value is -1.28. The van der Waals surface area contributed by atoms with Gasteiger partial charge >= 0.3 is 6.18 Å². The number of alkyl halides is 3. The first-order valence-corrected chi connectivity index (χ1v) is 10.3. The summed E-state index contributed by atoms with van der Waals surface area (Å²) in [6.45, 7) is 10.3. The third kappa shape index (κ3) is 6.79. The van der Waals surface area contributed by atoms with Crippen molar-refractivity contribution in [3.63, 3.8) is 0 Å². The lowest BCUT2D eigenvalue weighted by atomic mass is 9.85. The zero-order chi connectivity index (χ0) is 20.1. The average molecular weight is 395 g/mol. The van der Waals surface area contributed by atoms with Crippen molar-refractivity contribution in [1.29, 1.82) is 0 Å². The molecule has 2 N–H and O–H groups in total. The van der Waals surface area contributed by atoms with Crippen LogP contribution in [0.3, 0.4) is 0 Å². The third-order valence-corrected chi connectivity index (χ3v) is 6.67. The van der Waals surface area contributed by atoms with Gasteiger partial charge in [0.2, 0.25) is 10.0 Å². The number of hydrogen-bond donors (Lipinski definition) is 2. The van der Waals surface area contributed by atoms with E-state index in [1.165, 1.54) is 12.1 Å². The smallest absolute Gasteiger partial charge is 0.385 e. The van der Waals surface area contributed by atoms with Crippen molar-refractivity contribution in [3.8, 4) is 0 Å². The van der Waals surface area contributed by atoms with E-state index in [-0.39, 0.29) is 17.8 Å². The van der Waals surface area contributed by atoms with Gasteiger partial charge in [0.25, 0.3) is 0 Å². The van der Waals surface area contributed by atoms with Crippen molar-refractivity contribution in [1.82, 2.24) is 4.72 Å². The van der Waals surface area contributed by atoms with Gasteiger partial charge in [0.1, 0.15) is 0 Å². The van der Waals surface area contributed by atoms with E-state index < -0.39 is 27.0 Å². The molecule has 0 saturated heterocycles. The summed E-state index contributed by atoms with van der Waals surface area (Å²) < 4.78 is 64.0. The van der Waals surface area contributed by atoms with Gasteiger partial charge in [-0.1, -0.05) is 20.8 Å². The molecule has 0 aromatic heterocycles. The van der Waals surface area contributed by atoms with Gasteiger partial charge in [-0.2, -0.15) is 13.2 Å². The normalized spacial score (nSPS) is 16.3. The minimum Gasteiger partial charge on any atom is -0.385 e. The number of anilines is 1. The molecular weight excluding hydrogens is 365 g/mol. The van der Waals surface area contributed by atoms with Gasteiger partial charge in [0, 0.05) is 18.8 Å². The van der Waals surface area contributed by atoms with Crippen molar-refractivity contribution < 1.29 is 21.6 Å². The lowest BCUT2D eigenvalue weighted by Crippen LogP contribution is -2.37. The molecule has 3 unspecified atom stereocenters. The Labute approximate surface area is 154 Å². The molecule has 0 radical (unpaired) electrons. The maximum Gasteiger partial charge on any atom is 0.416 e. The number of sulfonamides is 1. The molecule has 1 aromatic rings. The van der Waals surface area contributed by atoms with E-state index in [2.05, 4.69) is 10.0 Å². The molecule has 8 heteroatoms. The Bertz CT molecular complexity index is 658. The van der Waals surface area contributed by atoms with E-state index in [1.54, 1.807) is 13.8 Å². The van der Waals surface area contributed by atoms with Crippen molar-refractivity contribution in [2.75, 3.05) is 18.4 Å². The van der Waals surface area contributed by atoms with Crippen molar-refractivity contribution in [2.45, 2.75) is 46.0 Å². The molecule has 3 atom stereocenters. The summed E-state index contributed by atoms with van der Waals surface area (Å²) in [7, 11) is -3.28. The second-order valence-corrected chi connectivity index (χ2v) is 9.53. The number of benzene rings is 1. The molecule has 0 spiro atoms. The molecule has 26 heavy (non-hydrogen) atoms. The quantitative estimate of drug-likeness (QED) is 0.655. The topological polar surface area (TPSA) is 58.2 Å². The Morgan fingerprint density at radius 2 is 1.42 bits per heavy atom. The van der Waals surface area contributed by atoms with Crippen LogP contribution in [0.1, 0.15) is 40.2 Å². The van der Waals surface area contributed by atoms with Gasteiger partial charge < -0.3 is 5.32 Å². The van der Waals surface area contributed by atoms with Crippen LogP contribution in [0.2, 0.25) is 0 Å². The van der Waals surface area contributed by atoms with Gasteiger partial charge in [-0.3, -0.25) is 0 Å². The van der Waals surface area contributed by atoms with Crippen molar-refractivity contribution in [2.24, 2.45) is 17.8 Å². The first-order valence-electron chi connectivity index (χ1n) is 8.74. The van der Waals surface area contributed by atoms with Crippen LogP contribution in [0.4, 0.5) is 18.9 Å². The summed E-state index contributed by atoms with van der Waals surface area (Å²) in [5.74, 6) is 0.579. The highest BCUT2D eigenvalue weighted by Gasteiger charge is 2.30. The van der Waals surface area contributed by atoms with E-state index in [1.807, 2.05) is 20.8 Å². The van der Waals surface area contributed by atoms with E-state index in [9.17, 15) is 21.6 Å². The molecule has 0 fully saturated rings. The zero-order valence-electron chi connectivity index (χ0n) is 15.9. The number of hydrogen-bond acceptors (Lipinski definition) is 3. The summed E-state index contributed by atoms with van der Waals surface area (Å²) in [6, 6.07) is 4.94. The molecule has 4 nitrogen and oxygen atoms in total. The molecule has 1 rings (SSSR count). The highest BCUT2D eigenvalue weighted by atomic mass is 32.2. The van der Waals surface area contributed by atoms with Crippen LogP contribution < -0.4 is 10.0 Å². The summed E-state index contributed by atoms with van der Waals surface area (Å²) in [6.07, 6.45) is -4.33. The highest BCUT2D eigenvalue weighted by Crippen LogP contribution is 2.30. The molecule has 0 aliphatic heterocycles. The number of rotatable bonds is 9. The Morgan fingerprint density at radius 1 is 0.923 bits per heavy atom. The molecule has 0 heterocycles. The molecule has 0 amide bonds. The standard InChI is InChI=1S/C18H29F3N2O2S/c1-12(2)26(24,25)23-11-14(4)15(5)13(3)10-22-17-8-6-16(7-9-17)18(19,20)21/h6-9,12-15,22-23H,10-11H2,1-5H3. The van der Waals surface area contributed by atoms with Gasteiger partial charge in [-0.05, 0) is 55.9 Å². The van der Waals surface area contributed by atoms with Gasteiger partial charge in [-0.25, -0.2) is 13.1 Å². The Balaban J connectivity index is 2.52. The van der Waals surface area contributed by atoms with Crippen LogP contribution in [0.15, 0.2) is 24.3 Å². The molecule has 1 aromatic carbocycles. The molecule has 0 aliphatic rings. The van der Waals surface area contributed by atoms with Crippen LogP contribution in [0, 0.1) is 17.8 Å². The number of halogens is 3. The van der Waals surface area contributed by atoms with Gasteiger partial charge in [0.15, 0.2) is 0 Å². The van der Waals surface area contributed by atoms with Crippen LogP contribution in [0.25, 0.3) is 0 Å². The minimum atomic E-state index is -4.33. The first kappa shape index (κ1) is 22.8. The molecule has 0 bridgehead atoms. The summed E-state index contributed by atoms with van der Waals surface area (Å²) in [5.41, 5.74) is -0.0410. The molecule has 150 valence electrons. The van der Waals surface area contributed by atoms with Crippen LogP contribution in [-0.2, 0) is 16.2 Å². The average Bonchev–Trinajstić information content (AvgIpc) is 2.56. The Morgan fingerprint density at radius 3 is 1.88 bits per heavy atom. The molecule has 0 saturated carbocycles. The minimum absolute atomic E-state index is 0.132. The predicted molar refractivity (Wildman–Crippen MR) is 99.5 cm³/mol. The fraction of sp³-hybridized carbons (Fsp3) is 0.667. The van der Waals surface area contributed by atoms with Crippen LogP contribution >= 0.6 is 0 Å². The highest BCUT2D eigenvalue weighted by molar-refractivity contribution is 7.90. The van der Waals surface area contributed by atoms with Gasteiger partial charge in [-0.15, -0.1) is 0 Å². The zero-order valence-corrected chi connectivity index (χ0v) is 16.7. The molecular formula is C18H29F3N2O2S. The fourth-order valence-corrected chi connectivity index (χ4v) is 3.23. The monoisotopic (exact) mass is 394 g/mol. The first-order chi connectivity index (χ1) is 11.8. The van der Waals surface area contributed by atoms with Crippen molar-refractivity contribution >= 4 is 15.7 Å². The van der Waals surface area contributed by atoms with E-state index in [0.717, 1.165) is 12.1 Å². The lowest BCUT2D eigenvalue weighted by Gasteiger charge is -2.27. The maximum atomic E-state index is 12.6. The number of nitrogens with one attached hydrogen (secondary N) is 2. The maximum absolute atomic E-state index is 12.6. The fourth-order valence-electron chi connectivity index (χ4n) is 2.40. The lowest BCUT2D eigenvalue weighted by molar-refractivity contribution is -0.137. The predicted octanol–water partition coefficient (Wildman–Crippen LogP) is 4.35. The van der Waals surface area contributed by atoms with Crippen LogP contribution in [-0.4, -0.2) is 26.8 Å². The summed E-state index contributed by atoms with van der Waals surface area (Å²) >= 11 is 0. The summed E-state index contributed by atoms with van der Waals surface area (Å²) in [4.78, 5) is 0. The van der Waals surface area contributed by atoms with E-state index >= 15 is 0 Å². The van der Waals surface area contributed by atoms with Gasteiger partial charge in [0.05, 0.1) is 10.8 Å². The molecule has 0 aliphatic carbocycles. The second kappa shape index (κ2) is 9.08. The third-order valence-electron chi connectivity index (χ3n) is 4.86. The van der Waals surface area contributed by atoms with Crippen molar-refractivity contribution in [3.05, 3.63) is 29.8 Å². The van der Waals surface area contributed by atoms with E-state index in [0.29, 0.717) is 18.8 Å². The largest absolute Gasteiger partial charge is 0.416 e. The second-order valence-electron chi connectivity index (χ2n) is 7.21. The summed E-state index contributed by atoms with van der Waals surface area (Å²) in [5, 5.41) is 2.67. The SMILES string of the molecule is CC(CNc1ccc(C(F)(F)F)cc1)C(C)C(C)CNS(=O)(=O)C(C)C. The van der Waals surface area contributed by atoms with Crippen LogP contribution in [0.5, 0.6) is 0 Å².